The molecule has 0 unspecified atom stereocenters. The maximum absolute atomic E-state index is 4.43. The normalized spacial score (nSPS) is 10.6. The molecule has 0 aromatic carbocycles. The van der Waals surface area contributed by atoms with Gasteiger partial charge in [0, 0.05) is 6.20 Å². The van der Waals surface area contributed by atoms with E-state index in [1.54, 1.807) is 6.20 Å². The lowest BCUT2D eigenvalue weighted by molar-refractivity contribution is 1.23. The van der Waals surface area contributed by atoms with Gasteiger partial charge in [-0.25, -0.2) is 9.97 Å². The highest BCUT2D eigenvalue weighted by Crippen LogP contribution is 2.17. The predicted molar refractivity (Wildman–Crippen MR) is 61.3 cm³/mol. The zero-order valence-electron chi connectivity index (χ0n) is 7.13. The van der Waals surface area contributed by atoms with Crippen molar-refractivity contribution in [2.75, 3.05) is 0 Å². The van der Waals surface area contributed by atoms with E-state index in [-0.39, 0.29) is 0 Å². The molecule has 0 aliphatic carbocycles. The van der Waals surface area contributed by atoms with Crippen molar-refractivity contribution in [2.24, 2.45) is 0 Å². The Bertz CT molecular complexity index is 473. The van der Waals surface area contributed by atoms with Gasteiger partial charge in [0.05, 0.1) is 15.5 Å². The molecule has 4 heteroatoms. The SMILES string of the molecule is C=C(C)c1cnc2[nH]cc(I)c2n1. The molecular formula is C9H8IN3. The van der Waals surface area contributed by atoms with Crippen LogP contribution < -0.4 is 0 Å². The van der Waals surface area contributed by atoms with Crippen molar-refractivity contribution in [3.63, 3.8) is 0 Å². The molecule has 0 saturated carbocycles. The van der Waals surface area contributed by atoms with Crippen molar-refractivity contribution in [3.05, 3.63) is 28.2 Å². The monoisotopic (exact) mass is 285 g/mol. The number of aromatic amines is 1. The Morgan fingerprint density at radius 2 is 2.38 bits per heavy atom. The van der Waals surface area contributed by atoms with Gasteiger partial charge in [0.25, 0.3) is 0 Å². The lowest BCUT2D eigenvalue weighted by Crippen LogP contribution is -1.88. The Kier molecular flexibility index (Phi) is 2.07. The summed E-state index contributed by atoms with van der Waals surface area (Å²) in [5.74, 6) is 0. The topological polar surface area (TPSA) is 41.6 Å². The summed E-state index contributed by atoms with van der Waals surface area (Å²) in [6.45, 7) is 5.76. The molecule has 3 nitrogen and oxygen atoms in total. The molecule has 2 aromatic rings. The molecule has 66 valence electrons. The third-order valence-electron chi connectivity index (χ3n) is 1.77. The number of H-pyrrole nitrogens is 1. The summed E-state index contributed by atoms with van der Waals surface area (Å²) < 4.78 is 1.09. The van der Waals surface area contributed by atoms with E-state index in [9.17, 15) is 0 Å². The van der Waals surface area contributed by atoms with Crippen molar-refractivity contribution < 1.29 is 0 Å². The van der Waals surface area contributed by atoms with Gasteiger partial charge in [-0.1, -0.05) is 6.58 Å². The summed E-state index contributed by atoms with van der Waals surface area (Å²) in [7, 11) is 0. The van der Waals surface area contributed by atoms with Gasteiger partial charge in [0.1, 0.15) is 5.52 Å². The first kappa shape index (κ1) is 8.68. The molecule has 2 rings (SSSR count). The third kappa shape index (κ3) is 1.46. The predicted octanol–water partition coefficient (Wildman–Crippen LogP) is 2.60. The van der Waals surface area contributed by atoms with E-state index in [1.165, 1.54) is 0 Å². The molecule has 0 bridgehead atoms. The second-order valence-corrected chi connectivity index (χ2v) is 4.03. The van der Waals surface area contributed by atoms with Crippen LogP contribution in [-0.4, -0.2) is 15.0 Å². The van der Waals surface area contributed by atoms with Crippen molar-refractivity contribution in [1.29, 1.82) is 0 Å². The van der Waals surface area contributed by atoms with E-state index in [0.717, 1.165) is 26.0 Å². The van der Waals surface area contributed by atoms with Crippen molar-refractivity contribution in [2.45, 2.75) is 6.92 Å². The van der Waals surface area contributed by atoms with Gasteiger partial charge >= 0.3 is 0 Å². The first-order valence-electron chi connectivity index (χ1n) is 3.84. The van der Waals surface area contributed by atoms with E-state index < -0.39 is 0 Å². The van der Waals surface area contributed by atoms with E-state index in [1.807, 2.05) is 13.1 Å². The van der Waals surface area contributed by atoms with Gasteiger partial charge in [-0.15, -0.1) is 0 Å². The fraction of sp³-hybridized carbons (Fsp3) is 0.111. The van der Waals surface area contributed by atoms with Crippen LogP contribution in [-0.2, 0) is 0 Å². The number of nitrogens with zero attached hydrogens (tertiary/aromatic N) is 2. The highest BCUT2D eigenvalue weighted by atomic mass is 127. The number of hydrogen-bond acceptors (Lipinski definition) is 2. The Morgan fingerprint density at radius 3 is 3.08 bits per heavy atom. The van der Waals surface area contributed by atoms with Gasteiger partial charge in [0.15, 0.2) is 5.65 Å². The minimum Gasteiger partial charge on any atom is -0.344 e. The van der Waals surface area contributed by atoms with Crippen LogP contribution in [0.4, 0.5) is 0 Å². The molecule has 0 atom stereocenters. The van der Waals surface area contributed by atoms with Gasteiger partial charge in [0.2, 0.25) is 0 Å². The summed E-state index contributed by atoms with van der Waals surface area (Å²) in [6.07, 6.45) is 3.63. The average Bonchev–Trinajstić information content (AvgIpc) is 2.47. The summed E-state index contributed by atoms with van der Waals surface area (Å²) in [5, 5.41) is 0. The Labute approximate surface area is 89.4 Å². The van der Waals surface area contributed by atoms with Gasteiger partial charge < -0.3 is 4.98 Å². The largest absolute Gasteiger partial charge is 0.344 e. The molecule has 0 radical (unpaired) electrons. The molecule has 0 aliphatic heterocycles. The van der Waals surface area contributed by atoms with Crippen LogP contribution in [0.15, 0.2) is 19.0 Å². The lowest BCUT2D eigenvalue weighted by atomic mass is 10.2. The molecule has 0 spiro atoms. The Balaban J connectivity index is 2.72. The smallest absolute Gasteiger partial charge is 0.157 e. The van der Waals surface area contributed by atoms with Crippen LogP contribution >= 0.6 is 22.6 Å². The molecule has 0 saturated heterocycles. The standard InChI is InChI=1S/C9H8IN3/c1-5(2)7-4-12-9-8(13-7)6(10)3-11-9/h3-4H,1H2,2H3,(H,11,12). The minimum absolute atomic E-state index is 0.828. The summed E-state index contributed by atoms with van der Waals surface area (Å²) in [5.41, 5.74) is 3.53. The second kappa shape index (κ2) is 3.10. The van der Waals surface area contributed by atoms with Crippen molar-refractivity contribution >= 4 is 39.3 Å². The molecule has 13 heavy (non-hydrogen) atoms. The number of rotatable bonds is 1. The number of allylic oxidation sites excluding steroid dienone is 1. The second-order valence-electron chi connectivity index (χ2n) is 2.87. The van der Waals surface area contributed by atoms with Crippen molar-refractivity contribution in [3.8, 4) is 0 Å². The number of halogens is 1. The van der Waals surface area contributed by atoms with Gasteiger partial charge in [-0.2, -0.15) is 0 Å². The number of nitrogens with one attached hydrogen (secondary N) is 1. The molecule has 0 amide bonds. The summed E-state index contributed by atoms with van der Waals surface area (Å²) >= 11 is 2.23. The molecule has 0 fully saturated rings. The van der Waals surface area contributed by atoms with Crippen LogP contribution in [0.5, 0.6) is 0 Å². The van der Waals surface area contributed by atoms with Crippen LogP contribution in [0.1, 0.15) is 12.6 Å². The minimum atomic E-state index is 0.828. The van der Waals surface area contributed by atoms with Crippen LogP contribution in [0, 0.1) is 3.57 Å². The first-order valence-corrected chi connectivity index (χ1v) is 4.92. The average molecular weight is 285 g/mol. The maximum atomic E-state index is 4.43. The van der Waals surface area contributed by atoms with E-state index in [0.29, 0.717) is 0 Å². The molecular weight excluding hydrogens is 277 g/mol. The van der Waals surface area contributed by atoms with Crippen LogP contribution in [0.25, 0.3) is 16.7 Å². The zero-order valence-corrected chi connectivity index (χ0v) is 9.29. The third-order valence-corrected chi connectivity index (χ3v) is 2.59. The number of hydrogen-bond donors (Lipinski definition) is 1. The highest BCUT2D eigenvalue weighted by molar-refractivity contribution is 14.1. The van der Waals surface area contributed by atoms with Crippen LogP contribution in [0.2, 0.25) is 0 Å². The molecule has 1 N–H and O–H groups in total. The Hall–Kier alpha value is -0.910. The van der Waals surface area contributed by atoms with Gasteiger partial charge in [-0.05, 0) is 35.1 Å². The Morgan fingerprint density at radius 1 is 1.62 bits per heavy atom. The van der Waals surface area contributed by atoms with Crippen molar-refractivity contribution in [1.82, 2.24) is 15.0 Å². The first-order chi connectivity index (χ1) is 6.18. The zero-order chi connectivity index (χ0) is 9.42. The highest BCUT2D eigenvalue weighted by Gasteiger charge is 2.04. The quantitative estimate of drug-likeness (QED) is 0.818. The fourth-order valence-electron chi connectivity index (χ4n) is 1.07. The molecule has 2 aromatic heterocycles. The summed E-state index contributed by atoms with van der Waals surface area (Å²) in [6, 6.07) is 0. The number of fused-ring (bicyclic) bond motifs is 1. The van der Waals surface area contributed by atoms with Crippen LogP contribution in [0.3, 0.4) is 0 Å². The fourth-order valence-corrected chi connectivity index (χ4v) is 1.60. The molecule has 0 aliphatic rings. The van der Waals surface area contributed by atoms with E-state index >= 15 is 0 Å². The van der Waals surface area contributed by atoms with E-state index in [2.05, 4.69) is 44.1 Å². The van der Waals surface area contributed by atoms with E-state index in [4.69, 9.17) is 0 Å². The maximum Gasteiger partial charge on any atom is 0.157 e. The lowest BCUT2D eigenvalue weighted by Gasteiger charge is -1.97. The van der Waals surface area contributed by atoms with Gasteiger partial charge in [-0.3, -0.25) is 0 Å². The molecule has 2 heterocycles. The summed E-state index contributed by atoms with van der Waals surface area (Å²) in [4.78, 5) is 11.7. The number of aromatic nitrogens is 3.